The average Bonchev–Trinajstić information content (AvgIpc) is 2.32. The average molecular weight is 383 g/mol. The fourth-order valence-electron chi connectivity index (χ4n) is 1.55. The molecule has 0 aliphatic rings. The van der Waals surface area contributed by atoms with Crippen LogP contribution in [0.4, 0.5) is 10.1 Å². The summed E-state index contributed by atoms with van der Waals surface area (Å²) < 4.78 is 13.9. The van der Waals surface area contributed by atoms with Crippen LogP contribution in [-0.4, -0.2) is 0 Å². The summed E-state index contributed by atoms with van der Waals surface area (Å²) in [7, 11) is 0. The highest BCUT2D eigenvalue weighted by molar-refractivity contribution is 9.10. The van der Waals surface area contributed by atoms with Crippen molar-refractivity contribution >= 4 is 56.4 Å². The summed E-state index contributed by atoms with van der Waals surface area (Å²) in [5.74, 6) is -0.463. The van der Waals surface area contributed by atoms with Crippen LogP contribution in [0.15, 0.2) is 34.8 Å². The molecule has 0 unspecified atom stereocenters. The highest BCUT2D eigenvalue weighted by atomic mass is 79.9. The molecular formula is C13H8BrCl3FN. The van der Waals surface area contributed by atoms with Crippen molar-refractivity contribution in [3.8, 4) is 0 Å². The van der Waals surface area contributed by atoms with Crippen LogP contribution in [0.2, 0.25) is 15.1 Å². The molecule has 6 heteroatoms. The third-order valence-electron chi connectivity index (χ3n) is 2.46. The molecule has 0 aliphatic heterocycles. The van der Waals surface area contributed by atoms with Gasteiger partial charge < -0.3 is 5.32 Å². The van der Waals surface area contributed by atoms with Gasteiger partial charge >= 0.3 is 0 Å². The van der Waals surface area contributed by atoms with E-state index < -0.39 is 5.82 Å². The van der Waals surface area contributed by atoms with E-state index in [1.165, 1.54) is 12.1 Å². The standard InChI is InChI=1S/C13H8BrCl3FN/c14-9-3-7(1-2-10(9)15)6-19-13-11(16)4-8(18)5-12(13)17/h1-5,19H,6H2. The molecule has 0 saturated heterocycles. The molecule has 2 aromatic carbocycles. The third kappa shape index (κ3) is 3.76. The summed E-state index contributed by atoms with van der Waals surface area (Å²) in [6.07, 6.45) is 0. The Bertz CT molecular complexity index is 596. The van der Waals surface area contributed by atoms with Gasteiger partial charge in [0.15, 0.2) is 0 Å². The van der Waals surface area contributed by atoms with Crippen molar-refractivity contribution in [2.75, 3.05) is 5.32 Å². The topological polar surface area (TPSA) is 12.0 Å². The fourth-order valence-corrected chi connectivity index (χ4v) is 2.69. The Hall–Kier alpha value is -0.480. The zero-order valence-corrected chi connectivity index (χ0v) is 13.3. The predicted molar refractivity (Wildman–Crippen MR) is 82.9 cm³/mol. The van der Waals surface area contributed by atoms with Crippen molar-refractivity contribution in [2.45, 2.75) is 6.54 Å². The normalized spacial score (nSPS) is 10.6. The second-order valence-electron chi connectivity index (χ2n) is 3.85. The molecule has 0 amide bonds. The van der Waals surface area contributed by atoms with Crippen molar-refractivity contribution < 1.29 is 4.39 Å². The summed E-state index contributed by atoms with van der Waals surface area (Å²) >= 11 is 21.1. The number of hydrogen-bond acceptors (Lipinski definition) is 1. The molecule has 0 aliphatic carbocycles. The number of rotatable bonds is 3. The van der Waals surface area contributed by atoms with Gasteiger partial charge in [0.25, 0.3) is 0 Å². The van der Waals surface area contributed by atoms with E-state index >= 15 is 0 Å². The molecule has 19 heavy (non-hydrogen) atoms. The summed E-state index contributed by atoms with van der Waals surface area (Å²) in [5, 5.41) is 4.21. The summed E-state index contributed by atoms with van der Waals surface area (Å²) in [6.45, 7) is 0.501. The van der Waals surface area contributed by atoms with Crippen LogP contribution in [0.1, 0.15) is 5.56 Å². The maximum Gasteiger partial charge on any atom is 0.126 e. The number of nitrogens with one attached hydrogen (secondary N) is 1. The van der Waals surface area contributed by atoms with E-state index in [4.69, 9.17) is 34.8 Å². The summed E-state index contributed by atoms with van der Waals surface area (Å²) in [4.78, 5) is 0. The van der Waals surface area contributed by atoms with Gasteiger partial charge in [-0.25, -0.2) is 4.39 Å². The van der Waals surface area contributed by atoms with Crippen LogP contribution in [0, 0.1) is 5.82 Å². The Balaban J connectivity index is 2.16. The van der Waals surface area contributed by atoms with Crippen LogP contribution in [0.25, 0.3) is 0 Å². The minimum atomic E-state index is -0.463. The monoisotopic (exact) mass is 381 g/mol. The highest BCUT2D eigenvalue weighted by Crippen LogP contribution is 2.32. The van der Waals surface area contributed by atoms with Gasteiger partial charge in [-0.05, 0) is 45.8 Å². The Morgan fingerprint density at radius 1 is 1.00 bits per heavy atom. The van der Waals surface area contributed by atoms with E-state index in [0.29, 0.717) is 17.3 Å². The van der Waals surface area contributed by atoms with E-state index in [9.17, 15) is 4.39 Å². The predicted octanol–water partition coefficient (Wildman–Crippen LogP) is 6.16. The first-order chi connectivity index (χ1) is 8.97. The van der Waals surface area contributed by atoms with Gasteiger partial charge in [-0.1, -0.05) is 40.9 Å². The molecule has 0 bridgehead atoms. The molecular weight excluding hydrogens is 375 g/mol. The molecule has 2 aromatic rings. The first kappa shape index (κ1) is 14.9. The lowest BCUT2D eigenvalue weighted by Crippen LogP contribution is -2.01. The van der Waals surface area contributed by atoms with Crippen LogP contribution < -0.4 is 5.32 Å². The van der Waals surface area contributed by atoms with E-state index in [1.54, 1.807) is 6.07 Å². The second kappa shape index (κ2) is 6.31. The first-order valence-electron chi connectivity index (χ1n) is 5.29. The molecule has 0 aromatic heterocycles. The van der Waals surface area contributed by atoms with Crippen molar-refractivity contribution in [3.05, 3.63) is 61.3 Å². The molecule has 1 nitrogen and oxygen atoms in total. The maximum absolute atomic E-state index is 13.1. The van der Waals surface area contributed by atoms with Crippen molar-refractivity contribution in [3.63, 3.8) is 0 Å². The molecule has 0 heterocycles. The molecule has 0 spiro atoms. The van der Waals surface area contributed by atoms with Crippen LogP contribution in [0.5, 0.6) is 0 Å². The lowest BCUT2D eigenvalue weighted by molar-refractivity contribution is 0.628. The van der Waals surface area contributed by atoms with Gasteiger partial charge in [-0.3, -0.25) is 0 Å². The van der Waals surface area contributed by atoms with E-state index in [-0.39, 0.29) is 10.0 Å². The minimum Gasteiger partial charge on any atom is -0.379 e. The zero-order valence-electron chi connectivity index (χ0n) is 9.48. The lowest BCUT2D eigenvalue weighted by Gasteiger charge is -2.11. The van der Waals surface area contributed by atoms with Gasteiger partial charge in [0.2, 0.25) is 0 Å². The molecule has 100 valence electrons. The van der Waals surface area contributed by atoms with Crippen LogP contribution >= 0.6 is 50.7 Å². The van der Waals surface area contributed by atoms with Gasteiger partial charge in [0.1, 0.15) is 5.82 Å². The van der Waals surface area contributed by atoms with Gasteiger partial charge in [-0.2, -0.15) is 0 Å². The molecule has 2 rings (SSSR count). The maximum atomic E-state index is 13.1. The van der Waals surface area contributed by atoms with Crippen molar-refractivity contribution in [1.82, 2.24) is 0 Å². The fraction of sp³-hybridized carbons (Fsp3) is 0.0769. The Kier molecular flexibility index (Phi) is 4.96. The van der Waals surface area contributed by atoms with E-state index in [0.717, 1.165) is 10.0 Å². The van der Waals surface area contributed by atoms with Crippen molar-refractivity contribution in [1.29, 1.82) is 0 Å². The SMILES string of the molecule is Fc1cc(Cl)c(NCc2ccc(Cl)c(Br)c2)c(Cl)c1. The van der Waals surface area contributed by atoms with Gasteiger partial charge in [0, 0.05) is 11.0 Å². The van der Waals surface area contributed by atoms with Crippen LogP contribution in [-0.2, 0) is 6.54 Å². The number of benzene rings is 2. The van der Waals surface area contributed by atoms with Gasteiger partial charge in [0.05, 0.1) is 20.8 Å². The number of halogens is 5. The van der Waals surface area contributed by atoms with Crippen molar-refractivity contribution in [2.24, 2.45) is 0 Å². The largest absolute Gasteiger partial charge is 0.379 e. The lowest BCUT2D eigenvalue weighted by atomic mass is 10.2. The molecule has 0 saturated carbocycles. The summed E-state index contributed by atoms with van der Waals surface area (Å²) in [6, 6.07) is 7.99. The quantitative estimate of drug-likeness (QED) is 0.669. The number of anilines is 1. The van der Waals surface area contributed by atoms with Gasteiger partial charge in [-0.15, -0.1) is 0 Å². The Morgan fingerprint density at radius 3 is 2.21 bits per heavy atom. The third-order valence-corrected chi connectivity index (χ3v) is 4.27. The number of hydrogen-bond donors (Lipinski definition) is 1. The highest BCUT2D eigenvalue weighted by Gasteiger charge is 2.08. The minimum absolute atomic E-state index is 0.248. The molecule has 0 atom stereocenters. The Labute approximate surface area is 133 Å². The molecule has 1 N–H and O–H groups in total. The van der Waals surface area contributed by atoms with Crippen LogP contribution in [0.3, 0.4) is 0 Å². The smallest absolute Gasteiger partial charge is 0.126 e. The second-order valence-corrected chi connectivity index (χ2v) is 5.92. The van der Waals surface area contributed by atoms with E-state index in [2.05, 4.69) is 21.2 Å². The first-order valence-corrected chi connectivity index (χ1v) is 7.22. The summed E-state index contributed by atoms with van der Waals surface area (Å²) in [5.41, 5.74) is 1.50. The molecule has 0 fully saturated rings. The molecule has 0 radical (unpaired) electrons. The van der Waals surface area contributed by atoms with E-state index in [1.807, 2.05) is 12.1 Å². The zero-order chi connectivity index (χ0) is 14.0. The Morgan fingerprint density at radius 2 is 1.63 bits per heavy atom.